The maximum Gasteiger partial charge on any atom is 0.225 e. The number of aromatic nitrogens is 2. The van der Waals surface area contributed by atoms with Crippen LogP contribution in [0.5, 0.6) is 0 Å². The van der Waals surface area contributed by atoms with E-state index in [1.165, 1.54) is 44.1 Å². The molecule has 2 atom stereocenters. The monoisotopic (exact) mass is 274 g/mol. The minimum atomic E-state index is 0.692. The van der Waals surface area contributed by atoms with E-state index in [1.54, 1.807) is 0 Å². The van der Waals surface area contributed by atoms with Gasteiger partial charge in [0.15, 0.2) is 0 Å². The minimum Gasteiger partial charge on any atom is -0.338 e. The molecule has 1 saturated carbocycles. The second kappa shape index (κ2) is 6.53. The molecule has 0 unspecified atom stereocenters. The van der Waals surface area contributed by atoms with Crippen LogP contribution < -0.4 is 10.2 Å². The van der Waals surface area contributed by atoms with Crippen molar-refractivity contribution in [3.8, 4) is 0 Å². The first-order valence-electron chi connectivity index (χ1n) is 8.16. The summed E-state index contributed by atoms with van der Waals surface area (Å²) in [7, 11) is 0. The van der Waals surface area contributed by atoms with Crippen molar-refractivity contribution in [1.82, 2.24) is 15.3 Å². The van der Waals surface area contributed by atoms with E-state index in [4.69, 9.17) is 0 Å². The molecule has 1 aliphatic heterocycles. The molecule has 3 rings (SSSR count). The molecular weight excluding hydrogens is 248 g/mol. The van der Waals surface area contributed by atoms with Crippen molar-refractivity contribution >= 4 is 5.95 Å². The quantitative estimate of drug-likeness (QED) is 0.916. The predicted octanol–water partition coefficient (Wildman–Crippen LogP) is 2.75. The fraction of sp³-hybridized carbons (Fsp3) is 0.750. The summed E-state index contributed by atoms with van der Waals surface area (Å²) in [5.74, 6) is 1.82. The van der Waals surface area contributed by atoms with Gasteiger partial charge in [0, 0.05) is 37.1 Å². The minimum absolute atomic E-state index is 0.692. The fourth-order valence-electron chi connectivity index (χ4n) is 3.73. The Morgan fingerprint density at radius 1 is 1.15 bits per heavy atom. The van der Waals surface area contributed by atoms with E-state index in [0.29, 0.717) is 6.04 Å². The Labute approximate surface area is 122 Å². The molecule has 0 radical (unpaired) electrons. The molecule has 2 heterocycles. The van der Waals surface area contributed by atoms with Crippen molar-refractivity contribution in [1.29, 1.82) is 0 Å². The molecule has 1 aromatic rings. The van der Waals surface area contributed by atoms with E-state index in [2.05, 4.69) is 27.1 Å². The Kier molecular flexibility index (Phi) is 4.51. The van der Waals surface area contributed by atoms with Crippen molar-refractivity contribution in [3.05, 3.63) is 18.0 Å². The number of rotatable bonds is 4. The van der Waals surface area contributed by atoms with Gasteiger partial charge >= 0.3 is 0 Å². The van der Waals surface area contributed by atoms with Crippen molar-refractivity contribution in [2.75, 3.05) is 18.0 Å². The van der Waals surface area contributed by atoms with Crippen LogP contribution in [0.2, 0.25) is 0 Å². The van der Waals surface area contributed by atoms with Crippen LogP contribution in [0.25, 0.3) is 0 Å². The molecule has 2 fully saturated rings. The second-order valence-corrected chi connectivity index (χ2v) is 6.12. The lowest BCUT2D eigenvalue weighted by Crippen LogP contribution is -2.47. The lowest BCUT2D eigenvalue weighted by Gasteiger charge is -2.44. The second-order valence-electron chi connectivity index (χ2n) is 6.12. The molecular formula is C16H26N4. The largest absolute Gasteiger partial charge is 0.338 e. The number of anilines is 1. The molecule has 0 bridgehead atoms. The molecule has 4 nitrogen and oxygen atoms in total. The van der Waals surface area contributed by atoms with Crippen molar-refractivity contribution < 1.29 is 0 Å². The molecule has 4 heteroatoms. The van der Waals surface area contributed by atoms with Crippen LogP contribution in [0.1, 0.15) is 51.0 Å². The zero-order chi connectivity index (χ0) is 13.8. The summed E-state index contributed by atoms with van der Waals surface area (Å²) in [5, 5.41) is 3.32. The van der Waals surface area contributed by atoms with E-state index in [1.807, 2.05) is 12.4 Å². The number of hydrogen-bond acceptors (Lipinski definition) is 4. The number of hydrogen-bond donors (Lipinski definition) is 1. The van der Waals surface area contributed by atoms with E-state index in [0.717, 1.165) is 31.5 Å². The molecule has 20 heavy (non-hydrogen) atoms. The molecule has 1 saturated heterocycles. The molecule has 0 spiro atoms. The Balaban J connectivity index is 1.70. The average molecular weight is 274 g/mol. The lowest BCUT2D eigenvalue weighted by atomic mass is 9.78. The summed E-state index contributed by atoms with van der Waals surface area (Å²) in [6, 6.07) is 0.692. The van der Waals surface area contributed by atoms with Gasteiger partial charge in [-0.1, -0.05) is 19.8 Å². The summed E-state index contributed by atoms with van der Waals surface area (Å²) in [5.41, 5.74) is 1.17. The van der Waals surface area contributed by atoms with Crippen LogP contribution in [-0.2, 0) is 6.54 Å². The first kappa shape index (κ1) is 13.8. The van der Waals surface area contributed by atoms with E-state index in [9.17, 15) is 0 Å². The Bertz CT molecular complexity index is 415. The maximum atomic E-state index is 4.62. The zero-order valence-electron chi connectivity index (χ0n) is 12.5. The highest BCUT2D eigenvalue weighted by Gasteiger charge is 2.34. The van der Waals surface area contributed by atoms with Crippen molar-refractivity contribution in [3.63, 3.8) is 0 Å². The first-order chi connectivity index (χ1) is 9.88. The van der Waals surface area contributed by atoms with Crippen molar-refractivity contribution in [2.24, 2.45) is 5.92 Å². The van der Waals surface area contributed by atoms with Gasteiger partial charge in [0.05, 0.1) is 0 Å². The summed E-state index contributed by atoms with van der Waals surface area (Å²) < 4.78 is 0. The highest BCUT2D eigenvalue weighted by molar-refractivity contribution is 5.33. The molecule has 2 aliphatic rings. The number of piperidine rings is 1. The zero-order valence-corrected chi connectivity index (χ0v) is 12.5. The summed E-state index contributed by atoms with van der Waals surface area (Å²) in [4.78, 5) is 11.7. The van der Waals surface area contributed by atoms with E-state index >= 15 is 0 Å². The summed E-state index contributed by atoms with van der Waals surface area (Å²) >= 11 is 0. The third-order valence-corrected chi connectivity index (χ3v) is 4.77. The molecule has 1 aliphatic carbocycles. The number of fused-ring (bicyclic) bond motifs is 1. The van der Waals surface area contributed by atoms with Gasteiger partial charge in [-0.05, 0) is 38.1 Å². The average Bonchev–Trinajstić information content (AvgIpc) is 2.53. The smallest absolute Gasteiger partial charge is 0.225 e. The lowest BCUT2D eigenvalue weighted by molar-refractivity contribution is 0.241. The van der Waals surface area contributed by atoms with Gasteiger partial charge in [-0.15, -0.1) is 0 Å². The van der Waals surface area contributed by atoms with Gasteiger partial charge in [-0.2, -0.15) is 0 Å². The predicted molar refractivity (Wildman–Crippen MR) is 81.7 cm³/mol. The van der Waals surface area contributed by atoms with Gasteiger partial charge in [0.25, 0.3) is 0 Å². The van der Waals surface area contributed by atoms with Gasteiger partial charge in [0.1, 0.15) is 0 Å². The van der Waals surface area contributed by atoms with Crippen LogP contribution >= 0.6 is 0 Å². The number of nitrogens with zero attached hydrogens (tertiary/aromatic N) is 3. The Hall–Kier alpha value is -1.16. The van der Waals surface area contributed by atoms with Crippen LogP contribution in [0.4, 0.5) is 5.95 Å². The summed E-state index contributed by atoms with van der Waals surface area (Å²) in [6.45, 7) is 5.10. The van der Waals surface area contributed by atoms with Gasteiger partial charge < -0.3 is 10.2 Å². The SMILES string of the molecule is CCNCc1cnc(N2CCC[C@H]3CCCC[C@H]32)nc1. The Morgan fingerprint density at radius 2 is 1.90 bits per heavy atom. The third kappa shape index (κ3) is 2.95. The standard InChI is InChI=1S/C16H26N4/c1-2-17-10-13-11-18-16(19-12-13)20-9-5-7-14-6-3-4-8-15(14)20/h11-12,14-15,17H,2-10H2,1H3/t14-,15-/m1/s1. The van der Waals surface area contributed by atoms with Crippen LogP contribution in [0.3, 0.4) is 0 Å². The molecule has 1 N–H and O–H groups in total. The fourth-order valence-corrected chi connectivity index (χ4v) is 3.73. The third-order valence-electron chi connectivity index (χ3n) is 4.77. The van der Waals surface area contributed by atoms with Crippen LogP contribution in [0.15, 0.2) is 12.4 Å². The molecule has 0 aromatic carbocycles. The van der Waals surface area contributed by atoms with Crippen LogP contribution in [0, 0.1) is 5.92 Å². The summed E-state index contributed by atoms with van der Waals surface area (Å²) in [6.07, 6.45) is 12.2. The van der Waals surface area contributed by atoms with Crippen molar-refractivity contribution in [2.45, 2.75) is 58.0 Å². The van der Waals surface area contributed by atoms with Gasteiger partial charge in [-0.25, -0.2) is 9.97 Å². The van der Waals surface area contributed by atoms with Crippen LogP contribution in [-0.4, -0.2) is 29.1 Å². The van der Waals surface area contributed by atoms with Gasteiger partial charge in [0.2, 0.25) is 5.95 Å². The number of nitrogens with one attached hydrogen (secondary N) is 1. The maximum absolute atomic E-state index is 4.62. The van der Waals surface area contributed by atoms with E-state index in [-0.39, 0.29) is 0 Å². The van der Waals surface area contributed by atoms with E-state index < -0.39 is 0 Å². The van der Waals surface area contributed by atoms with Gasteiger partial charge in [-0.3, -0.25) is 0 Å². The highest BCUT2D eigenvalue weighted by Crippen LogP contribution is 2.36. The highest BCUT2D eigenvalue weighted by atomic mass is 15.3. The normalized spacial score (nSPS) is 26.4. The molecule has 1 aromatic heterocycles. The Morgan fingerprint density at radius 3 is 2.70 bits per heavy atom. The topological polar surface area (TPSA) is 41.1 Å². The molecule has 0 amide bonds. The first-order valence-corrected chi connectivity index (χ1v) is 8.16. The molecule has 110 valence electrons.